The summed E-state index contributed by atoms with van der Waals surface area (Å²) in [7, 11) is 0. The van der Waals surface area contributed by atoms with Gasteiger partial charge in [0.25, 0.3) is 5.56 Å². The fraction of sp³-hybridized carbons (Fsp3) is 0. The van der Waals surface area contributed by atoms with Crippen LogP contribution in [-0.4, -0.2) is 25.6 Å². The van der Waals surface area contributed by atoms with Crippen molar-refractivity contribution in [3.05, 3.63) is 40.4 Å². The molecule has 2 N–H and O–H groups in total. The van der Waals surface area contributed by atoms with E-state index in [-0.39, 0.29) is 11.3 Å². The van der Waals surface area contributed by atoms with Crippen molar-refractivity contribution in [2.75, 3.05) is 0 Å². The maximum atomic E-state index is 13.1. The average molecular weight is 231 g/mol. The normalized spacial score (nSPS) is 10.9. The number of aromatic amines is 2. The van der Waals surface area contributed by atoms with Gasteiger partial charge < -0.3 is 0 Å². The highest BCUT2D eigenvalue weighted by Crippen LogP contribution is 2.21. The summed E-state index contributed by atoms with van der Waals surface area (Å²) in [6, 6.07) is 5.88. The highest BCUT2D eigenvalue weighted by Gasteiger charge is 2.12. The van der Waals surface area contributed by atoms with Crippen molar-refractivity contribution in [3.63, 3.8) is 0 Å². The second-order valence-corrected chi connectivity index (χ2v) is 3.43. The number of hydrogen-bond acceptors (Lipinski definition) is 4. The van der Waals surface area contributed by atoms with E-state index in [9.17, 15) is 9.18 Å². The van der Waals surface area contributed by atoms with Crippen LogP contribution in [0.2, 0.25) is 0 Å². The Morgan fingerprint density at radius 3 is 2.76 bits per heavy atom. The zero-order chi connectivity index (χ0) is 11.8. The van der Waals surface area contributed by atoms with Crippen LogP contribution in [-0.2, 0) is 0 Å². The Balaban J connectivity index is 2.35. The maximum Gasteiger partial charge on any atom is 0.294 e. The van der Waals surface area contributed by atoms with Crippen molar-refractivity contribution >= 4 is 11.0 Å². The van der Waals surface area contributed by atoms with E-state index in [1.165, 1.54) is 12.1 Å². The predicted octanol–water partition coefficient (Wildman–Crippen LogP) is 0.847. The molecular formula is C10H6FN5O. The van der Waals surface area contributed by atoms with Crippen molar-refractivity contribution < 1.29 is 4.39 Å². The fourth-order valence-electron chi connectivity index (χ4n) is 1.60. The molecule has 0 saturated carbocycles. The van der Waals surface area contributed by atoms with E-state index in [2.05, 4.69) is 25.6 Å². The van der Waals surface area contributed by atoms with Gasteiger partial charge in [-0.05, 0) is 12.1 Å². The molecule has 1 aromatic carbocycles. The van der Waals surface area contributed by atoms with E-state index >= 15 is 0 Å². The molecule has 3 aromatic rings. The maximum absolute atomic E-state index is 13.1. The van der Waals surface area contributed by atoms with Gasteiger partial charge in [-0.15, -0.1) is 0 Å². The second kappa shape index (κ2) is 3.48. The van der Waals surface area contributed by atoms with Gasteiger partial charge in [0.15, 0.2) is 5.52 Å². The zero-order valence-corrected chi connectivity index (χ0v) is 8.44. The first-order chi connectivity index (χ1) is 8.25. The van der Waals surface area contributed by atoms with Crippen molar-refractivity contribution in [1.29, 1.82) is 0 Å². The summed E-state index contributed by atoms with van der Waals surface area (Å²) in [6.07, 6.45) is 0. The van der Waals surface area contributed by atoms with E-state index in [4.69, 9.17) is 0 Å². The number of benzene rings is 1. The number of aromatic nitrogens is 5. The molecule has 17 heavy (non-hydrogen) atoms. The summed E-state index contributed by atoms with van der Waals surface area (Å²) in [4.78, 5) is 11.4. The van der Waals surface area contributed by atoms with Gasteiger partial charge in [0.1, 0.15) is 17.0 Å². The van der Waals surface area contributed by atoms with Gasteiger partial charge in [-0.25, -0.2) is 9.49 Å². The van der Waals surface area contributed by atoms with Crippen LogP contribution in [0.25, 0.3) is 22.3 Å². The molecule has 0 unspecified atom stereocenters. The summed E-state index contributed by atoms with van der Waals surface area (Å²) in [5.41, 5.74) is 0.945. The first-order valence-electron chi connectivity index (χ1n) is 4.81. The van der Waals surface area contributed by atoms with Gasteiger partial charge >= 0.3 is 0 Å². The van der Waals surface area contributed by atoms with Crippen LogP contribution in [0.1, 0.15) is 0 Å². The van der Waals surface area contributed by atoms with Gasteiger partial charge in [0, 0.05) is 5.56 Å². The Labute approximate surface area is 93.5 Å². The molecule has 84 valence electrons. The first kappa shape index (κ1) is 9.64. The van der Waals surface area contributed by atoms with Crippen LogP contribution in [0.4, 0.5) is 4.39 Å². The van der Waals surface area contributed by atoms with Crippen LogP contribution in [0, 0.1) is 5.82 Å². The molecule has 6 nitrogen and oxygen atoms in total. The minimum Gasteiger partial charge on any atom is -0.265 e. The van der Waals surface area contributed by atoms with Crippen LogP contribution < -0.4 is 5.56 Å². The van der Waals surface area contributed by atoms with E-state index in [0.717, 1.165) is 0 Å². The number of fused-ring (bicyclic) bond motifs is 1. The molecule has 7 heteroatoms. The van der Waals surface area contributed by atoms with Gasteiger partial charge in [-0.2, -0.15) is 20.5 Å². The average Bonchev–Trinajstić information content (AvgIpc) is 2.79. The number of nitrogens with one attached hydrogen (secondary N) is 2. The van der Waals surface area contributed by atoms with E-state index in [1.54, 1.807) is 12.1 Å². The summed E-state index contributed by atoms with van der Waals surface area (Å²) >= 11 is 0. The molecule has 0 bridgehead atoms. The highest BCUT2D eigenvalue weighted by atomic mass is 19.1. The molecule has 0 atom stereocenters. The number of hydrogen-bond donors (Lipinski definition) is 2. The number of halogens is 1. The molecule has 2 heterocycles. The molecule has 0 fully saturated rings. The Hall–Kier alpha value is -2.57. The van der Waals surface area contributed by atoms with Crippen LogP contribution in [0.15, 0.2) is 29.1 Å². The fourth-order valence-corrected chi connectivity index (χ4v) is 1.60. The number of H-pyrrole nitrogens is 2. The standard InChI is InChI=1S/C10H6FN5O/c11-6-3-1-2-5(4-6)7-8-9(14-16-13-8)10(17)15-12-7/h1-4H,(H,15,17)(H,13,14,16). The molecule has 0 amide bonds. The highest BCUT2D eigenvalue weighted by molar-refractivity contribution is 5.87. The minimum absolute atomic E-state index is 0.152. The van der Waals surface area contributed by atoms with Gasteiger partial charge in [0.05, 0.1) is 0 Å². The molecule has 3 rings (SSSR count). The lowest BCUT2D eigenvalue weighted by Gasteiger charge is -1.99. The lowest BCUT2D eigenvalue weighted by molar-refractivity contribution is 0.628. The van der Waals surface area contributed by atoms with Gasteiger partial charge in [-0.1, -0.05) is 12.1 Å². The third kappa shape index (κ3) is 1.48. The molecule has 0 spiro atoms. The molecule has 0 aliphatic carbocycles. The molecule has 2 aromatic heterocycles. The van der Waals surface area contributed by atoms with Crippen LogP contribution >= 0.6 is 0 Å². The van der Waals surface area contributed by atoms with Crippen molar-refractivity contribution in [2.45, 2.75) is 0 Å². The van der Waals surface area contributed by atoms with E-state index in [0.29, 0.717) is 16.8 Å². The molecule has 0 saturated heterocycles. The Morgan fingerprint density at radius 1 is 1.12 bits per heavy atom. The van der Waals surface area contributed by atoms with E-state index in [1.807, 2.05) is 0 Å². The lowest BCUT2D eigenvalue weighted by Crippen LogP contribution is -2.09. The largest absolute Gasteiger partial charge is 0.294 e. The summed E-state index contributed by atoms with van der Waals surface area (Å²) < 4.78 is 13.1. The molecule has 0 aliphatic rings. The van der Waals surface area contributed by atoms with E-state index < -0.39 is 5.56 Å². The van der Waals surface area contributed by atoms with Crippen molar-refractivity contribution in [3.8, 4) is 11.3 Å². The zero-order valence-electron chi connectivity index (χ0n) is 8.44. The monoisotopic (exact) mass is 231 g/mol. The summed E-state index contributed by atoms with van der Waals surface area (Å²) in [5.74, 6) is -0.382. The van der Waals surface area contributed by atoms with Crippen LogP contribution in [0.3, 0.4) is 0 Å². The Morgan fingerprint density at radius 2 is 1.94 bits per heavy atom. The third-order valence-corrected chi connectivity index (χ3v) is 2.35. The molecule has 0 aliphatic heterocycles. The SMILES string of the molecule is O=c1[nH]nc(-c2cccc(F)c2)c2n[nH]nc12. The predicted molar refractivity (Wildman–Crippen MR) is 57.7 cm³/mol. The second-order valence-electron chi connectivity index (χ2n) is 3.43. The topological polar surface area (TPSA) is 87.3 Å². The quantitative estimate of drug-likeness (QED) is 0.649. The summed E-state index contributed by atoms with van der Waals surface area (Å²) in [5, 5.41) is 16.1. The minimum atomic E-state index is -0.436. The molecular weight excluding hydrogens is 225 g/mol. The third-order valence-electron chi connectivity index (χ3n) is 2.35. The van der Waals surface area contributed by atoms with Crippen molar-refractivity contribution in [1.82, 2.24) is 25.6 Å². The summed E-state index contributed by atoms with van der Waals surface area (Å²) in [6.45, 7) is 0. The number of rotatable bonds is 1. The molecule has 0 radical (unpaired) electrons. The van der Waals surface area contributed by atoms with Gasteiger partial charge in [-0.3, -0.25) is 4.79 Å². The number of nitrogens with zero attached hydrogens (tertiary/aromatic N) is 3. The van der Waals surface area contributed by atoms with Crippen molar-refractivity contribution in [2.24, 2.45) is 0 Å². The van der Waals surface area contributed by atoms with Gasteiger partial charge in [0.2, 0.25) is 0 Å². The van der Waals surface area contributed by atoms with Crippen LogP contribution in [0.5, 0.6) is 0 Å². The Bertz CT molecular complexity index is 748. The Kier molecular flexibility index (Phi) is 1.97. The lowest BCUT2D eigenvalue weighted by atomic mass is 10.1. The smallest absolute Gasteiger partial charge is 0.265 e. The first-order valence-corrected chi connectivity index (χ1v) is 4.81.